The van der Waals surface area contributed by atoms with Gasteiger partial charge in [-0.1, -0.05) is 47.5 Å². The van der Waals surface area contributed by atoms with Gasteiger partial charge in [0.25, 0.3) is 10.0 Å². The maximum atomic E-state index is 13.8. The van der Waals surface area contributed by atoms with Gasteiger partial charge in [-0.25, -0.2) is 8.42 Å². The van der Waals surface area contributed by atoms with E-state index < -0.39 is 28.5 Å². The number of hydrogen-bond acceptors (Lipinski definition) is 4. The van der Waals surface area contributed by atoms with Crippen LogP contribution in [0.15, 0.2) is 71.6 Å². The van der Waals surface area contributed by atoms with Crippen molar-refractivity contribution in [2.75, 3.05) is 17.9 Å². The number of halogens is 1. The van der Waals surface area contributed by atoms with E-state index in [4.69, 9.17) is 11.6 Å². The number of carbonyl (C=O) groups is 2. The zero-order valence-corrected chi connectivity index (χ0v) is 23.2. The lowest BCUT2D eigenvalue weighted by Crippen LogP contribution is -2.50. The zero-order valence-electron chi connectivity index (χ0n) is 21.7. The molecule has 0 fully saturated rings. The van der Waals surface area contributed by atoms with Crippen LogP contribution in [0.25, 0.3) is 0 Å². The molecule has 0 heterocycles. The fraction of sp³-hybridized carbons (Fsp3) is 0.286. The molecule has 0 spiro atoms. The van der Waals surface area contributed by atoms with Crippen molar-refractivity contribution in [1.29, 1.82) is 0 Å². The monoisotopic (exact) mass is 541 g/mol. The molecule has 3 rings (SSSR count). The van der Waals surface area contributed by atoms with E-state index in [0.29, 0.717) is 10.7 Å². The van der Waals surface area contributed by atoms with E-state index in [-0.39, 0.29) is 17.3 Å². The van der Waals surface area contributed by atoms with Gasteiger partial charge in [0.15, 0.2) is 0 Å². The molecule has 7 nitrogen and oxygen atoms in total. The second-order valence-electron chi connectivity index (χ2n) is 9.11. The van der Waals surface area contributed by atoms with Crippen LogP contribution in [0.2, 0.25) is 5.02 Å². The Bertz CT molecular complexity index is 1350. The van der Waals surface area contributed by atoms with E-state index in [0.717, 1.165) is 26.6 Å². The van der Waals surface area contributed by atoms with Crippen molar-refractivity contribution in [2.24, 2.45) is 0 Å². The zero-order chi connectivity index (χ0) is 27.3. The van der Waals surface area contributed by atoms with Crippen molar-refractivity contribution < 1.29 is 18.0 Å². The van der Waals surface area contributed by atoms with Crippen molar-refractivity contribution in [1.82, 2.24) is 10.2 Å². The van der Waals surface area contributed by atoms with Gasteiger partial charge in [0.05, 0.1) is 10.6 Å². The van der Waals surface area contributed by atoms with Gasteiger partial charge in [0, 0.05) is 18.6 Å². The van der Waals surface area contributed by atoms with Gasteiger partial charge < -0.3 is 10.2 Å². The Hall–Kier alpha value is -3.36. The second kappa shape index (κ2) is 11.8. The highest BCUT2D eigenvalue weighted by molar-refractivity contribution is 7.92. The van der Waals surface area contributed by atoms with Gasteiger partial charge in [-0.2, -0.15) is 0 Å². The molecule has 0 bridgehead atoms. The predicted octanol–water partition coefficient (Wildman–Crippen LogP) is 4.62. The first kappa shape index (κ1) is 28.2. The highest BCUT2D eigenvalue weighted by Gasteiger charge is 2.32. The minimum atomic E-state index is -4.10. The molecule has 0 aliphatic rings. The Kier molecular flexibility index (Phi) is 8.99. The number of carbonyl (C=O) groups excluding carboxylic acids is 2. The molecule has 0 aromatic heterocycles. The topological polar surface area (TPSA) is 86.8 Å². The molecule has 2 amide bonds. The van der Waals surface area contributed by atoms with Gasteiger partial charge in [0.1, 0.15) is 12.6 Å². The molecule has 0 radical (unpaired) electrons. The van der Waals surface area contributed by atoms with Crippen LogP contribution < -0.4 is 9.62 Å². The molecular weight excluding hydrogens is 510 g/mol. The summed E-state index contributed by atoms with van der Waals surface area (Å²) in [6.45, 7) is 6.85. The maximum Gasteiger partial charge on any atom is 0.264 e. The second-order valence-corrected chi connectivity index (χ2v) is 11.4. The Labute approximate surface area is 224 Å². The van der Waals surface area contributed by atoms with Crippen LogP contribution in [-0.4, -0.2) is 44.8 Å². The number of likely N-dealkylation sites (N-methyl/N-ethyl adjacent to an activating group) is 1. The van der Waals surface area contributed by atoms with Crippen molar-refractivity contribution in [3.8, 4) is 0 Å². The lowest BCUT2D eigenvalue weighted by atomic mass is 10.1. The highest BCUT2D eigenvalue weighted by atomic mass is 35.5. The van der Waals surface area contributed by atoms with E-state index in [2.05, 4.69) is 5.32 Å². The quantitative estimate of drug-likeness (QED) is 0.428. The third-order valence-corrected chi connectivity index (χ3v) is 8.10. The Morgan fingerprint density at radius 1 is 0.892 bits per heavy atom. The normalized spacial score (nSPS) is 12.1. The molecule has 1 N–H and O–H groups in total. The largest absolute Gasteiger partial charge is 0.357 e. The fourth-order valence-electron chi connectivity index (χ4n) is 4.04. The number of benzene rings is 3. The predicted molar refractivity (Wildman–Crippen MR) is 147 cm³/mol. The van der Waals surface area contributed by atoms with Crippen molar-refractivity contribution in [3.05, 3.63) is 94.0 Å². The molecule has 196 valence electrons. The summed E-state index contributed by atoms with van der Waals surface area (Å²) in [6, 6.07) is 18.0. The van der Waals surface area contributed by atoms with Gasteiger partial charge in [-0.3, -0.25) is 13.9 Å². The summed E-state index contributed by atoms with van der Waals surface area (Å²) >= 11 is 6.01. The molecule has 3 aromatic carbocycles. The van der Waals surface area contributed by atoms with Crippen LogP contribution >= 0.6 is 11.6 Å². The third kappa shape index (κ3) is 6.90. The van der Waals surface area contributed by atoms with Crippen LogP contribution in [0, 0.1) is 20.8 Å². The molecular formula is C28H32ClN3O4S. The minimum absolute atomic E-state index is 0.0775. The summed E-state index contributed by atoms with van der Waals surface area (Å²) in [6.07, 6.45) is 0. The molecule has 37 heavy (non-hydrogen) atoms. The highest BCUT2D eigenvalue weighted by Crippen LogP contribution is 2.27. The minimum Gasteiger partial charge on any atom is -0.357 e. The van der Waals surface area contributed by atoms with Crippen LogP contribution in [0.3, 0.4) is 0 Å². The lowest BCUT2D eigenvalue weighted by molar-refractivity contribution is -0.139. The molecule has 0 unspecified atom stereocenters. The molecule has 1 atom stereocenters. The number of sulfonamides is 1. The first-order valence-electron chi connectivity index (χ1n) is 11.9. The summed E-state index contributed by atoms with van der Waals surface area (Å²) in [4.78, 5) is 27.8. The smallest absolute Gasteiger partial charge is 0.264 e. The number of nitrogens with zero attached hydrogens (tertiary/aromatic N) is 2. The van der Waals surface area contributed by atoms with Gasteiger partial charge in [-0.15, -0.1) is 0 Å². The molecule has 3 aromatic rings. The van der Waals surface area contributed by atoms with Crippen LogP contribution in [0.4, 0.5) is 5.69 Å². The van der Waals surface area contributed by atoms with E-state index in [1.54, 1.807) is 55.5 Å². The van der Waals surface area contributed by atoms with E-state index in [1.165, 1.54) is 24.1 Å². The number of hydrogen-bond donors (Lipinski definition) is 1. The summed E-state index contributed by atoms with van der Waals surface area (Å²) in [5.41, 5.74) is 3.78. The number of nitrogens with one attached hydrogen (secondary N) is 1. The standard InChI is InChI=1S/C28H32ClN3O4S/c1-19-6-12-26(13-7-19)37(35,36)32(25-15-20(2)14-21(3)16-25)18-27(33)31(22(4)28(34)30-5)17-23-8-10-24(29)11-9-23/h6-16,22H,17-18H2,1-5H3,(H,30,34)/t22-/m1/s1. The van der Waals surface area contributed by atoms with E-state index in [1.807, 2.05) is 26.8 Å². The average molecular weight is 542 g/mol. The van der Waals surface area contributed by atoms with Crippen molar-refractivity contribution in [2.45, 2.75) is 45.2 Å². The van der Waals surface area contributed by atoms with Gasteiger partial charge >= 0.3 is 0 Å². The van der Waals surface area contributed by atoms with Gasteiger partial charge in [-0.05, 0) is 80.8 Å². The van der Waals surface area contributed by atoms with Crippen molar-refractivity contribution >= 4 is 39.1 Å². The summed E-state index contributed by atoms with van der Waals surface area (Å²) < 4.78 is 28.8. The number of rotatable bonds is 9. The molecule has 9 heteroatoms. The molecule has 0 aliphatic heterocycles. The first-order chi connectivity index (χ1) is 17.4. The average Bonchev–Trinajstić information content (AvgIpc) is 2.85. The van der Waals surface area contributed by atoms with E-state index >= 15 is 0 Å². The summed E-state index contributed by atoms with van der Waals surface area (Å²) in [7, 11) is -2.60. The Balaban J connectivity index is 2.06. The lowest BCUT2D eigenvalue weighted by Gasteiger charge is -2.32. The Morgan fingerprint density at radius 2 is 1.46 bits per heavy atom. The number of amides is 2. The molecule has 0 saturated heterocycles. The molecule has 0 aliphatic carbocycles. The molecule has 0 saturated carbocycles. The van der Waals surface area contributed by atoms with Crippen molar-refractivity contribution in [3.63, 3.8) is 0 Å². The van der Waals surface area contributed by atoms with Crippen LogP contribution in [0.1, 0.15) is 29.2 Å². The number of anilines is 1. The van der Waals surface area contributed by atoms with Crippen LogP contribution in [-0.2, 0) is 26.2 Å². The van der Waals surface area contributed by atoms with E-state index in [9.17, 15) is 18.0 Å². The summed E-state index contributed by atoms with van der Waals surface area (Å²) in [5.74, 6) is -0.873. The SMILES string of the molecule is CNC(=O)[C@@H](C)N(Cc1ccc(Cl)cc1)C(=O)CN(c1cc(C)cc(C)c1)S(=O)(=O)c1ccc(C)cc1. The van der Waals surface area contributed by atoms with Gasteiger partial charge in [0.2, 0.25) is 11.8 Å². The maximum absolute atomic E-state index is 13.8. The number of aryl methyl sites for hydroxylation is 3. The first-order valence-corrected chi connectivity index (χ1v) is 13.7. The fourth-order valence-corrected chi connectivity index (χ4v) is 5.56. The summed E-state index contributed by atoms with van der Waals surface area (Å²) in [5, 5.41) is 3.12. The van der Waals surface area contributed by atoms with Crippen LogP contribution in [0.5, 0.6) is 0 Å². The third-order valence-electron chi connectivity index (χ3n) is 6.06. The Morgan fingerprint density at radius 3 is 2.00 bits per heavy atom.